The van der Waals surface area contributed by atoms with Gasteiger partial charge in [-0.1, -0.05) is 52.7 Å². The smallest absolute Gasteiger partial charge is 0.258 e. The molecule has 1 aromatic heterocycles. The van der Waals surface area contributed by atoms with Crippen LogP contribution < -0.4 is 10.1 Å². The van der Waals surface area contributed by atoms with Gasteiger partial charge in [-0.05, 0) is 26.0 Å². The number of hydrogen-bond donors (Lipinski definition) is 1. The second-order valence-electron chi connectivity index (χ2n) is 5.92. The molecule has 5 nitrogen and oxygen atoms in total. The molecule has 0 unspecified atom stereocenters. The number of nitrogens with one attached hydrogen (secondary N) is 1. The molecule has 0 saturated carbocycles. The summed E-state index contributed by atoms with van der Waals surface area (Å²) in [6.45, 7) is 4.27. The number of hydrogen-bond acceptors (Lipinski definition) is 4. The number of aromatic nitrogens is 1. The average Bonchev–Trinajstić information content (AvgIpc) is 3.09. The van der Waals surface area contributed by atoms with E-state index in [-0.39, 0.29) is 19.1 Å². The van der Waals surface area contributed by atoms with Gasteiger partial charge in [-0.25, -0.2) is 0 Å². The third-order valence-corrected chi connectivity index (χ3v) is 3.76. The Kier molecular flexibility index (Phi) is 5.14. The highest BCUT2D eigenvalue weighted by molar-refractivity contribution is 5.77. The Balaban J connectivity index is 1.49. The van der Waals surface area contributed by atoms with Crippen molar-refractivity contribution in [2.45, 2.75) is 20.4 Å². The van der Waals surface area contributed by atoms with Crippen LogP contribution in [0.15, 0.2) is 59.1 Å². The summed E-state index contributed by atoms with van der Waals surface area (Å²) in [5.74, 6) is 1.05. The molecule has 0 spiro atoms. The third-order valence-electron chi connectivity index (χ3n) is 3.76. The highest BCUT2D eigenvalue weighted by atomic mass is 16.5. The van der Waals surface area contributed by atoms with Crippen molar-refractivity contribution in [3.8, 4) is 17.0 Å². The second kappa shape index (κ2) is 7.66. The molecule has 3 aromatic rings. The molecule has 0 radical (unpaired) electrons. The van der Waals surface area contributed by atoms with Gasteiger partial charge >= 0.3 is 0 Å². The summed E-state index contributed by atoms with van der Waals surface area (Å²) in [7, 11) is 0. The average molecular weight is 336 g/mol. The minimum atomic E-state index is -0.214. The van der Waals surface area contributed by atoms with Crippen LogP contribution in [0.5, 0.6) is 5.75 Å². The van der Waals surface area contributed by atoms with E-state index in [9.17, 15) is 4.79 Å². The van der Waals surface area contributed by atoms with Crippen molar-refractivity contribution < 1.29 is 14.1 Å². The summed E-state index contributed by atoms with van der Waals surface area (Å²) in [5, 5.41) is 6.80. The SMILES string of the molecule is Cc1ccc(OCC(=O)NCc2cc(-c3ccc(C)cc3)no2)cc1. The van der Waals surface area contributed by atoms with E-state index in [0.717, 1.165) is 16.8 Å². The van der Waals surface area contributed by atoms with Gasteiger partial charge in [0.1, 0.15) is 11.4 Å². The lowest BCUT2D eigenvalue weighted by molar-refractivity contribution is -0.123. The van der Waals surface area contributed by atoms with Gasteiger partial charge in [0, 0.05) is 11.6 Å². The van der Waals surface area contributed by atoms with Crippen LogP contribution in [-0.4, -0.2) is 17.7 Å². The molecule has 0 atom stereocenters. The summed E-state index contributed by atoms with van der Waals surface area (Å²) in [6, 6.07) is 17.4. The Morgan fingerprint density at radius 3 is 2.36 bits per heavy atom. The fourth-order valence-corrected chi connectivity index (χ4v) is 2.28. The highest BCUT2D eigenvalue weighted by Crippen LogP contribution is 2.19. The van der Waals surface area contributed by atoms with Crippen molar-refractivity contribution in [2.24, 2.45) is 0 Å². The zero-order chi connectivity index (χ0) is 17.6. The van der Waals surface area contributed by atoms with Crippen LogP contribution in [0.4, 0.5) is 0 Å². The van der Waals surface area contributed by atoms with Crippen molar-refractivity contribution in [3.05, 3.63) is 71.5 Å². The molecular weight excluding hydrogens is 316 g/mol. The number of nitrogens with zero attached hydrogens (tertiary/aromatic N) is 1. The quantitative estimate of drug-likeness (QED) is 0.746. The lowest BCUT2D eigenvalue weighted by Crippen LogP contribution is -2.28. The summed E-state index contributed by atoms with van der Waals surface area (Å²) in [6.07, 6.45) is 0. The molecule has 0 aliphatic carbocycles. The minimum absolute atomic E-state index is 0.0397. The molecule has 0 saturated heterocycles. The molecule has 5 heteroatoms. The number of benzene rings is 2. The maximum Gasteiger partial charge on any atom is 0.258 e. The third kappa shape index (κ3) is 4.70. The Labute approximate surface area is 146 Å². The maximum atomic E-state index is 11.9. The van der Waals surface area contributed by atoms with Crippen LogP contribution >= 0.6 is 0 Å². The molecule has 25 heavy (non-hydrogen) atoms. The normalized spacial score (nSPS) is 10.5. The lowest BCUT2D eigenvalue weighted by Gasteiger charge is -2.06. The summed E-state index contributed by atoms with van der Waals surface area (Å²) >= 11 is 0. The number of amides is 1. The molecule has 0 aliphatic heterocycles. The molecule has 3 rings (SSSR count). The van der Waals surface area contributed by atoms with Crippen LogP contribution in [0.3, 0.4) is 0 Å². The largest absolute Gasteiger partial charge is 0.484 e. The fraction of sp³-hybridized carbons (Fsp3) is 0.200. The molecule has 0 bridgehead atoms. The number of ether oxygens (including phenoxy) is 1. The van der Waals surface area contributed by atoms with Gasteiger partial charge in [0.05, 0.1) is 6.54 Å². The number of aryl methyl sites for hydroxylation is 2. The van der Waals surface area contributed by atoms with Crippen LogP contribution in [0.25, 0.3) is 11.3 Å². The molecule has 2 aromatic carbocycles. The summed E-state index contributed by atoms with van der Waals surface area (Å²) in [4.78, 5) is 11.9. The lowest BCUT2D eigenvalue weighted by atomic mass is 10.1. The molecule has 0 fully saturated rings. The molecule has 128 valence electrons. The zero-order valence-electron chi connectivity index (χ0n) is 14.3. The van der Waals surface area contributed by atoms with Gasteiger partial charge in [0.15, 0.2) is 12.4 Å². The molecule has 1 amide bonds. The van der Waals surface area contributed by atoms with Gasteiger partial charge in [-0.3, -0.25) is 4.79 Å². The van der Waals surface area contributed by atoms with E-state index in [1.807, 2.05) is 68.4 Å². The Morgan fingerprint density at radius 1 is 1.04 bits per heavy atom. The van der Waals surface area contributed by atoms with E-state index < -0.39 is 0 Å². The Hall–Kier alpha value is -3.08. The predicted octanol–water partition coefficient (Wildman–Crippen LogP) is 3.65. The van der Waals surface area contributed by atoms with E-state index in [4.69, 9.17) is 9.26 Å². The van der Waals surface area contributed by atoms with Crippen LogP contribution in [0.2, 0.25) is 0 Å². The van der Waals surface area contributed by atoms with E-state index in [1.54, 1.807) is 0 Å². The minimum Gasteiger partial charge on any atom is -0.484 e. The number of carbonyl (C=O) groups is 1. The van der Waals surface area contributed by atoms with Crippen LogP contribution in [0.1, 0.15) is 16.9 Å². The van der Waals surface area contributed by atoms with E-state index >= 15 is 0 Å². The van der Waals surface area contributed by atoms with Gasteiger partial charge in [0.25, 0.3) is 5.91 Å². The standard InChI is InChI=1S/C20H20N2O3/c1-14-3-7-16(8-4-14)19-11-18(25-22-19)12-21-20(23)13-24-17-9-5-15(2)6-10-17/h3-11H,12-13H2,1-2H3,(H,21,23). The number of carbonyl (C=O) groups excluding carboxylic acids is 1. The maximum absolute atomic E-state index is 11.9. The first-order valence-corrected chi connectivity index (χ1v) is 8.09. The first-order valence-electron chi connectivity index (χ1n) is 8.09. The van der Waals surface area contributed by atoms with E-state index in [2.05, 4.69) is 10.5 Å². The second-order valence-corrected chi connectivity index (χ2v) is 5.92. The van der Waals surface area contributed by atoms with E-state index in [1.165, 1.54) is 5.56 Å². The van der Waals surface area contributed by atoms with Crippen molar-refractivity contribution in [3.63, 3.8) is 0 Å². The first-order chi connectivity index (χ1) is 12.1. The van der Waals surface area contributed by atoms with E-state index in [0.29, 0.717) is 11.5 Å². The van der Waals surface area contributed by atoms with Crippen LogP contribution in [-0.2, 0) is 11.3 Å². The molecule has 1 heterocycles. The zero-order valence-corrected chi connectivity index (χ0v) is 14.3. The molecule has 1 N–H and O–H groups in total. The fourth-order valence-electron chi connectivity index (χ4n) is 2.28. The highest BCUT2D eigenvalue weighted by Gasteiger charge is 2.08. The monoisotopic (exact) mass is 336 g/mol. The molecular formula is C20H20N2O3. The van der Waals surface area contributed by atoms with Gasteiger partial charge < -0.3 is 14.6 Å². The molecule has 0 aliphatic rings. The van der Waals surface area contributed by atoms with Gasteiger partial charge in [0.2, 0.25) is 0 Å². The predicted molar refractivity (Wildman–Crippen MR) is 95.2 cm³/mol. The Morgan fingerprint density at radius 2 is 1.68 bits per heavy atom. The van der Waals surface area contributed by atoms with Crippen molar-refractivity contribution in [1.29, 1.82) is 0 Å². The topological polar surface area (TPSA) is 64.4 Å². The van der Waals surface area contributed by atoms with Crippen molar-refractivity contribution in [1.82, 2.24) is 10.5 Å². The van der Waals surface area contributed by atoms with Crippen molar-refractivity contribution in [2.75, 3.05) is 6.61 Å². The van der Waals surface area contributed by atoms with Gasteiger partial charge in [-0.15, -0.1) is 0 Å². The summed E-state index contributed by atoms with van der Waals surface area (Å²) in [5.41, 5.74) is 4.06. The van der Waals surface area contributed by atoms with Crippen molar-refractivity contribution >= 4 is 5.91 Å². The summed E-state index contributed by atoms with van der Waals surface area (Å²) < 4.78 is 10.7. The van der Waals surface area contributed by atoms with Crippen LogP contribution in [0, 0.1) is 13.8 Å². The Bertz CT molecular complexity index is 836. The van der Waals surface area contributed by atoms with Gasteiger partial charge in [-0.2, -0.15) is 0 Å². The number of rotatable bonds is 6. The first kappa shape index (κ1) is 16.8.